The van der Waals surface area contributed by atoms with Gasteiger partial charge < -0.3 is 15.4 Å². The maximum absolute atomic E-state index is 12.2. The van der Waals surface area contributed by atoms with Crippen LogP contribution < -0.4 is 10.5 Å². The van der Waals surface area contributed by atoms with Gasteiger partial charge in [0.05, 0.1) is 6.61 Å². The molecule has 7 heteroatoms. The Morgan fingerprint density at radius 1 is 1.35 bits per heavy atom. The molecule has 0 atom stereocenters. The van der Waals surface area contributed by atoms with Gasteiger partial charge in [0.1, 0.15) is 0 Å². The van der Waals surface area contributed by atoms with Crippen LogP contribution in [0.1, 0.15) is 30.3 Å². The first-order chi connectivity index (χ1) is 9.61. The van der Waals surface area contributed by atoms with E-state index in [1.54, 1.807) is 17.0 Å². The number of nitrogens with two attached hydrogens (primary N) is 1. The fraction of sp³-hybridized carbons (Fsp3) is 0.538. The summed E-state index contributed by atoms with van der Waals surface area (Å²) < 4.78 is 5.18. The molecule has 7 nitrogen and oxygen atoms in total. The number of carbonyl (C=O) groups is 2. The molecule has 1 aliphatic rings. The van der Waals surface area contributed by atoms with E-state index in [0.29, 0.717) is 38.4 Å². The Morgan fingerprint density at radius 2 is 2.05 bits per heavy atom. The quantitative estimate of drug-likeness (QED) is 0.849. The highest BCUT2D eigenvalue weighted by atomic mass is 16.5. The Kier molecular flexibility index (Phi) is 4.49. The number of primary amides is 1. The highest BCUT2D eigenvalue weighted by Crippen LogP contribution is 2.18. The topological polar surface area (TPSA) is 98.4 Å². The van der Waals surface area contributed by atoms with Gasteiger partial charge in [-0.15, -0.1) is 10.2 Å². The molecule has 0 radical (unpaired) electrons. The number of rotatable bonds is 4. The summed E-state index contributed by atoms with van der Waals surface area (Å²) in [5.74, 6) is -0.205. The number of hydrogen-bond acceptors (Lipinski definition) is 5. The van der Waals surface area contributed by atoms with Crippen molar-refractivity contribution in [2.75, 3.05) is 19.7 Å². The van der Waals surface area contributed by atoms with Crippen LogP contribution in [-0.2, 0) is 4.79 Å². The lowest BCUT2D eigenvalue weighted by atomic mass is 9.96. The van der Waals surface area contributed by atoms with Crippen molar-refractivity contribution in [3.8, 4) is 5.88 Å². The molecule has 0 bridgehead atoms. The molecule has 1 saturated heterocycles. The molecule has 0 unspecified atom stereocenters. The van der Waals surface area contributed by atoms with E-state index in [2.05, 4.69) is 10.2 Å². The van der Waals surface area contributed by atoms with E-state index in [0.717, 1.165) is 0 Å². The van der Waals surface area contributed by atoms with E-state index in [-0.39, 0.29) is 23.4 Å². The third-order valence-electron chi connectivity index (χ3n) is 3.34. The van der Waals surface area contributed by atoms with Crippen LogP contribution in [0.5, 0.6) is 5.88 Å². The summed E-state index contributed by atoms with van der Waals surface area (Å²) in [7, 11) is 0. The summed E-state index contributed by atoms with van der Waals surface area (Å²) in [6.07, 6.45) is 1.21. The zero-order chi connectivity index (χ0) is 14.5. The third-order valence-corrected chi connectivity index (χ3v) is 3.34. The molecule has 1 fully saturated rings. The largest absolute Gasteiger partial charge is 0.477 e. The molecular formula is C13H18N4O3. The van der Waals surface area contributed by atoms with Crippen molar-refractivity contribution in [3.63, 3.8) is 0 Å². The molecule has 2 amide bonds. The van der Waals surface area contributed by atoms with Crippen molar-refractivity contribution in [1.29, 1.82) is 0 Å². The first kappa shape index (κ1) is 14.2. The molecule has 0 aliphatic carbocycles. The van der Waals surface area contributed by atoms with Gasteiger partial charge in [0, 0.05) is 25.1 Å². The average Bonchev–Trinajstić information content (AvgIpc) is 2.48. The SMILES string of the molecule is CCOc1ccc(C(=O)N2CCC(C(N)=O)CC2)nn1. The van der Waals surface area contributed by atoms with Crippen molar-refractivity contribution in [2.45, 2.75) is 19.8 Å². The molecule has 1 aliphatic heterocycles. The van der Waals surface area contributed by atoms with Crippen molar-refractivity contribution in [2.24, 2.45) is 11.7 Å². The van der Waals surface area contributed by atoms with E-state index in [4.69, 9.17) is 10.5 Å². The number of amides is 2. The van der Waals surface area contributed by atoms with Gasteiger partial charge in [0.2, 0.25) is 11.8 Å². The predicted octanol–water partition coefficient (Wildman–Crippen LogP) is 0.213. The standard InChI is InChI=1S/C13H18N4O3/c1-2-20-11-4-3-10(15-16-11)13(19)17-7-5-9(6-8-17)12(14)18/h3-4,9H,2,5-8H2,1H3,(H2,14,18). The first-order valence-electron chi connectivity index (χ1n) is 6.67. The molecule has 2 N–H and O–H groups in total. The summed E-state index contributed by atoms with van der Waals surface area (Å²) in [6.45, 7) is 3.38. The monoisotopic (exact) mass is 278 g/mol. The minimum absolute atomic E-state index is 0.134. The second-order valence-electron chi connectivity index (χ2n) is 4.66. The maximum Gasteiger partial charge on any atom is 0.274 e. The van der Waals surface area contributed by atoms with E-state index in [1.165, 1.54) is 0 Å². The van der Waals surface area contributed by atoms with Gasteiger partial charge in [0.25, 0.3) is 5.91 Å². The van der Waals surface area contributed by atoms with Crippen molar-refractivity contribution in [1.82, 2.24) is 15.1 Å². The van der Waals surface area contributed by atoms with Gasteiger partial charge >= 0.3 is 0 Å². The fourth-order valence-electron chi connectivity index (χ4n) is 2.19. The van der Waals surface area contributed by atoms with Crippen LogP contribution in [0, 0.1) is 5.92 Å². The Balaban J connectivity index is 1.96. The molecular weight excluding hydrogens is 260 g/mol. The molecule has 1 aromatic heterocycles. The van der Waals surface area contributed by atoms with Crippen LogP contribution in [0.25, 0.3) is 0 Å². The number of hydrogen-bond donors (Lipinski definition) is 1. The zero-order valence-corrected chi connectivity index (χ0v) is 11.4. The van der Waals surface area contributed by atoms with Crippen LogP contribution in [-0.4, -0.2) is 46.6 Å². The van der Waals surface area contributed by atoms with Crippen molar-refractivity contribution >= 4 is 11.8 Å². The fourth-order valence-corrected chi connectivity index (χ4v) is 2.19. The molecule has 0 aromatic carbocycles. The van der Waals surface area contributed by atoms with Gasteiger partial charge in [-0.2, -0.15) is 0 Å². The number of ether oxygens (including phenoxy) is 1. The van der Waals surface area contributed by atoms with E-state index >= 15 is 0 Å². The summed E-state index contributed by atoms with van der Waals surface area (Å²) >= 11 is 0. The first-order valence-corrected chi connectivity index (χ1v) is 6.67. The van der Waals surface area contributed by atoms with Gasteiger partial charge in [0.15, 0.2) is 5.69 Å². The lowest BCUT2D eigenvalue weighted by molar-refractivity contribution is -0.123. The normalized spacial score (nSPS) is 15.9. The average molecular weight is 278 g/mol. The van der Waals surface area contributed by atoms with Gasteiger partial charge in [-0.25, -0.2) is 0 Å². The molecule has 2 heterocycles. The Hall–Kier alpha value is -2.18. The molecule has 108 valence electrons. The van der Waals surface area contributed by atoms with E-state index in [9.17, 15) is 9.59 Å². The van der Waals surface area contributed by atoms with Crippen molar-refractivity contribution < 1.29 is 14.3 Å². The van der Waals surface area contributed by atoms with Crippen molar-refractivity contribution in [3.05, 3.63) is 17.8 Å². The highest BCUT2D eigenvalue weighted by molar-refractivity contribution is 5.92. The van der Waals surface area contributed by atoms with Crippen LogP contribution >= 0.6 is 0 Å². The number of aromatic nitrogens is 2. The second-order valence-corrected chi connectivity index (χ2v) is 4.66. The highest BCUT2D eigenvalue weighted by Gasteiger charge is 2.27. The maximum atomic E-state index is 12.2. The Labute approximate surface area is 117 Å². The Morgan fingerprint density at radius 3 is 2.55 bits per heavy atom. The lowest BCUT2D eigenvalue weighted by Crippen LogP contribution is -2.42. The lowest BCUT2D eigenvalue weighted by Gasteiger charge is -2.30. The van der Waals surface area contributed by atoms with E-state index < -0.39 is 0 Å². The summed E-state index contributed by atoms with van der Waals surface area (Å²) in [5, 5.41) is 7.70. The zero-order valence-electron chi connectivity index (χ0n) is 11.4. The van der Waals surface area contributed by atoms with E-state index in [1.807, 2.05) is 6.92 Å². The van der Waals surface area contributed by atoms with Gasteiger partial charge in [-0.3, -0.25) is 9.59 Å². The number of nitrogens with zero attached hydrogens (tertiary/aromatic N) is 3. The molecule has 1 aromatic rings. The van der Waals surface area contributed by atoms with Crippen LogP contribution in [0.4, 0.5) is 0 Å². The summed E-state index contributed by atoms with van der Waals surface area (Å²) in [5.41, 5.74) is 5.55. The second kappa shape index (κ2) is 6.31. The molecule has 0 saturated carbocycles. The smallest absolute Gasteiger partial charge is 0.274 e. The number of piperidine rings is 1. The molecule has 20 heavy (non-hydrogen) atoms. The number of carbonyl (C=O) groups excluding carboxylic acids is 2. The predicted molar refractivity (Wildman–Crippen MR) is 71.0 cm³/mol. The van der Waals surface area contributed by atoms with Crippen LogP contribution in [0.2, 0.25) is 0 Å². The minimum Gasteiger partial charge on any atom is -0.477 e. The number of likely N-dealkylation sites (tertiary alicyclic amines) is 1. The van der Waals surface area contributed by atoms with Crippen LogP contribution in [0.15, 0.2) is 12.1 Å². The Bertz CT molecular complexity index is 481. The van der Waals surface area contributed by atoms with Gasteiger partial charge in [-0.05, 0) is 25.8 Å². The molecule has 2 rings (SSSR count). The summed E-state index contributed by atoms with van der Waals surface area (Å²) in [6, 6.07) is 3.22. The summed E-state index contributed by atoms with van der Waals surface area (Å²) in [4.78, 5) is 25.0. The van der Waals surface area contributed by atoms with Gasteiger partial charge in [-0.1, -0.05) is 0 Å². The van der Waals surface area contributed by atoms with Crippen LogP contribution in [0.3, 0.4) is 0 Å². The minimum atomic E-state index is -0.294. The molecule has 0 spiro atoms. The third kappa shape index (κ3) is 3.23.